The molecule has 4 N–H and O–H groups in total. The molecule has 2 amide bonds. The Labute approximate surface area is 193 Å². The second kappa shape index (κ2) is 10.5. The van der Waals surface area contributed by atoms with E-state index in [-0.39, 0.29) is 37.3 Å². The predicted octanol–water partition coefficient (Wildman–Crippen LogP) is 2.89. The third-order valence-corrected chi connectivity index (χ3v) is 5.89. The number of carboxylic acids is 1. The molecule has 0 saturated carbocycles. The summed E-state index contributed by atoms with van der Waals surface area (Å²) in [6.45, 7) is 3.23. The van der Waals surface area contributed by atoms with E-state index in [2.05, 4.69) is 34.9 Å². The van der Waals surface area contributed by atoms with Crippen LogP contribution in [0.5, 0.6) is 0 Å². The highest BCUT2D eigenvalue weighted by Gasteiger charge is 2.30. The lowest BCUT2D eigenvalue weighted by atomic mass is 9.98. The van der Waals surface area contributed by atoms with Gasteiger partial charge >= 0.3 is 12.1 Å². The van der Waals surface area contributed by atoms with Gasteiger partial charge in [-0.15, -0.1) is 0 Å². The van der Waals surface area contributed by atoms with Gasteiger partial charge in [0.1, 0.15) is 6.61 Å². The van der Waals surface area contributed by atoms with Gasteiger partial charge in [-0.2, -0.15) is 0 Å². The van der Waals surface area contributed by atoms with Gasteiger partial charge in [-0.3, -0.25) is 4.79 Å². The van der Waals surface area contributed by atoms with Gasteiger partial charge in [0.05, 0.1) is 6.54 Å². The Balaban J connectivity index is 1.40. The first kappa shape index (κ1) is 24.3. The first-order valence-electron chi connectivity index (χ1n) is 11.0. The van der Waals surface area contributed by atoms with Crippen LogP contribution in [-0.2, 0) is 14.3 Å². The van der Waals surface area contributed by atoms with Gasteiger partial charge in [-0.05, 0) is 41.5 Å². The van der Waals surface area contributed by atoms with Gasteiger partial charge < -0.3 is 25.6 Å². The summed E-state index contributed by atoms with van der Waals surface area (Å²) in [5.41, 5.74) is 2.62. The molecule has 0 bridgehead atoms. The minimum atomic E-state index is -2.01. The molecular weight excluding hydrogens is 424 g/mol. The number of nitrogens with one attached hydrogen (secondary N) is 2. The number of rotatable bonds is 10. The molecule has 0 radical (unpaired) electrons. The highest BCUT2D eigenvalue weighted by atomic mass is 16.5. The van der Waals surface area contributed by atoms with Gasteiger partial charge in [0.2, 0.25) is 5.91 Å². The molecule has 0 fully saturated rings. The van der Waals surface area contributed by atoms with Crippen LogP contribution < -0.4 is 10.6 Å². The van der Waals surface area contributed by atoms with E-state index in [0.717, 1.165) is 18.1 Å². The van der Waals surface area contributed by atoms with Crippen LogP contribution in [0.4, 0.5) is 4.79 Å². The van der Waals surface area contributed by atoms with Crippen molar-refractivity contribution in [2.75, 3.05) is 19.7 Å². The van der Waals surface area contributed by atoms with Gasteiger partial charge in [0, 0.05) is 18.9 Å². The summed E-state index contributed by atoms with van der Waals surface area (Å²) in [7, 11) is 0. The maximum Gasteiger partial charge on any atom is 0.407 e. The first-order valence-corrected chi connectivity index (χ1v) is 11.0. The Morgan fingerprint density at radius 3 is 2.18 bits per heavy atom. The predicted molar refractivity (Wildman–Crippen MR) is 123 cm³/mol. The molecule has 0 aromatic heterocycles. The molecule has 176 valence electrons. The summed E-state index contributed by atoms with van der Waals surface area (Å²) >= 11 is 0. The Bertz CT molecular complexity index is 974. The van der Waals surface area contributed by atoms with Crippen molar-refractivity contribution in [2.45, 2.75) is 38.2 Å². The smallest absolute Gasteiger partial charge is 0.407 e. The lowest BCUT2D eigenvalue weighted by molar-refractivity contribution is -0.156. The molecule has 1 aliphatic rings. The summed E-state index contributed by atoms with van der Waals surface area (Å²) < 4.78 is 5.50. The number of carbonyl (C=O) groups is 3. The van der Waals surface area contributed by atoms with E-state index in [1.54, 1.807) is 0 Å². The van der Waals surface area contributed by atoms with Crippen molar-refractivity contribution in [1.82, 2.24) is 10.6 Å². The van der Waals surface area contributed by atoms with Gasteiger partial charge in [-0.1, -0.05) is 55.5 Å². The van der Waals surface area contributed by atoms with E-state index < -0.39 is 17.7 Å². The number of carboxylic acid groups (broad SMARTS) is 1. The third-order valence-electron chi connectivity index (χ3n) is 5.89. The number of hydrogen-bond donors (Lipinski definition) is 4. The highest BCUT2D eigenvalue weighted by Crippen LogP contribution is 2.44. The van der Waals surface area contributed by atoms with E-state index in [1.807, 2.05) is 31.2 Å². The quantitative estimate of drug-likeness (QED) is 0.438. The lowest BCUT2D eigenvalue weighted by Crippen LogP contribution is -2.46. The second-order valence-corrected chi connectivity index (χ2v) is 8.71. The second-order valence-electron chi connectivity index (χ2n) is 8.71. The number of fused-ring (bicyclic) bond motifs is 3. The average Bonchev–Trinajstić information content (AvgIpc) is 3.12. The summed E-state index contributed by atoms with van der Waals surface area (Å²) in [4.78, 5) is 35.0. The molecule has 2 aromatic rings. The fourth-order valence-electron chi connectivity index (χ4n) is 3.82. The first-order chi connectivity index (χ1) is 15.7. The number of ether oxygens (including phenoxy) is 1. The van der Waals surface area contributed by atoms with E-state index in [9.17, 15) is 19.5 Å². The molecular formula is C25H30N2O6. The summed E-state index contributed by atoms with van der Waals surface area (Å²) in [5.74, 6) is -1.75. The van der Waals surface area contributed by atoms with Gasteiger partial charge in [0.15, 0.2) is 5.60 Å². The normalized spacial score (nSPS) is 15.0. The lowest BCUT2D eigenvalue weighted by Gasteiger charge is -2.19. The van der Waals surface area contributed by atoms with E-state index in [0.29, 0.717) is 13.0 Å². The highest BCUT2D eigenvalue weighted by molar-refractivity contribution is 5.80. The van der Waals surface area contributed by atoms with Gasteiger partial charge in [0.25, 0.3) is 0 Å². The molecule has 3 rings (SSSR count). The zero-order valence-corrected chi connectivity index (χ0v) is 18.8. The van der Waals surface area contributed by atoms with Crippen LogP contribution in [0.25, 0.3) is 11.1 Å². The Morgan fingerprint density at radius 1 is 1.03 bits per heavy atom. The van der Waals surface area contributed by atoms with Crippen molar-refractivity contribution >= 4 is 18.0 Å². The van der Waals surface area contributed by atoms with E-state index >= 15 is 0 Å². The molecule has 2 atom stereocenters. The molecule has 2 unspecified atom stereocenters. The molecule has 8 nitrogen and oxygen atoms in total. The van der Waals surface area contributed by atoms with Crippen LogP contribution in [0.3, 0.4) is 0 Å². The fourth-order valence-corrected chi connectivity index (χ4v) is 3.82. The number of hydrogen-bond acceptors (Lipinski definition) is 5. The number of alkyl carbamates (subject to hydrolysis) is 1. The molecule has 0 aliphatic heterocycles. The van der Waals surface area contributed by atoms with Crippen LogP contribution in [0, 0.1) is 5.92 Å². The standard InChI is InChI=1S/C25H30N2O6/c1-16(11-12-22(28)27-15-25(2,32)23(29)30)13-26-24(31)33-14-21-19-9-5-3-7-17(19)18-8-4-6-10-20(18)21/h3-10,16,21,32H,11-15H2,1-2H3,(H,26,31)(H,27,28)(H,29,30). The van der Waals surface area contributed by atoms with E-state index in [1.165, 1.54) is 11.1 Å². The van der Waals surface area contributed by atoms with E-state index in [4.69, 9.17) is 9.84 Å². The third kappa shape index (κ3) is 6.10. The SMILES string of the molecule is CC(CCC(=O)NCC(C)(O)C(=O)O)CNC(=O)OCC1c2ccccc2-c2ccccc21. The van der Waals surface area contributed by atoms with Crippen LogP contribution in [0.1, 0.15) is 43.7 Å². The monoisotopic (exact) mass is 454 g/mol. The molecule has 33 heavy (non-hydrogen) atoms. The summed E-state index contributed by atoms with van der Waals surface area (Å²) in [6, 6.07) is 16.2. The summed E-state index contributed by atoms with van der Waals surface area (Å²) in [6.07, 6.45) is 0.138. The number of benzene rings is 2. The Hall–Kier alpha value is -3.39. The van der Waals surface area contributed by atoms with Crippen molar-refractivity contribution in [2.24, 2.45) is 5.92 Å². The number of carbonyl (C=O) groups excluding carboxylic acids is 2. The van der Waals surface area contributed by atoms with Crippen molar-refractivity contribution in [3.8, 4) is 11.1 Å². The topological polar surface area (TPSA) is 125 Å². The zero-order valence-electron chi connectivity index (χ0n) is 18.8. The van der Waals surface area contributed by atoms with Crippen LogP contribution >= 0.6 is 0 Å². The van der Waals surface area contributed by atoms with Crippen molar-refractivity contribution in [1.29, 1.82) is 0 Å². The molecule has 8 heteroatoms. The van der Waals surface area contributed by atoms with Crippen LogP contribution in [-0.4, -0.2) is 53.5 Å². The maximum atomic E-state index is 12.2. The minimum Gasteiger partial charge on any atom is -0.479 e. The van der Waals surface area contributed by atoms with Crippen molar-refractivity contribution in [3.63, 3.8) is 0 Å². The number of aliphatic hydroxyl groups is 1. The largest absolute Gasteiger partial charge is 0.479 e. The fraction of sp³-hybridized carbons (Fsp3) is 0.400. The Morgan fingerprint density at radius 2 is 1.61 bits per heavy atom. The molecule has 2 aromatic carbocycles. The van der Waals surface area contributed by atoms with Gasteiger partial charge in [-0.25, -0.2) is 9.59 Å². The molecule has 0 saturated heterocycles. The Kier molecular flexibility index (Phi) is 7.71. The molecule has 0 spiro atoms. The summed E-state index contributed by atoms with van der Waals surface area (Å²) in [5, 5.41) is 23.6. The zero-order chi connectivity index (χ0) is 24.0. The van der Waals surface area contributed by atoms with Crippen LogP contribution in [0.2, 0.25) is 0 Å². The molecule has 0 heterocycles. The average molecular weight is 455 g/mol. The number of amides is 2. The molecule has 1 aliphatic carbocycles. The van der Waals surface area contributed by atoms with Crippen molar-refractivity contribution < 1.29 is 29.3 Å². The maximum absolute atomic E-state index is 12.2. The van der Waals surface area contributed by atoms with Crippen molar-refractivity contribution in [3.05, 3.63) is 59.7 Å². The van der Waals surface area contributed by atoms with Crippen LogP contribution in [0.15, 0.2) is 48.5 Å². The number of aliphatic carboxylic acids is 1. The minimum absolute atomic E-state index is 0.00715.